The SMILES string of the molecule is Cc1c(C(=O)Nc2ccc(CN3CCCCC3)cc2)c(-c2ccccc2)nn1-c1ccccc1. The van der Waals surface area contributed by atoms with Crippen LogP contribution in [-0.4, -0.2) is 33.7 Å². The smallest absolute Gasteiger partial charge is 0.259 e. The molecule has 5 nitrogen and oxygen atoms in total. The van der Waals surface area contributed by atoms with E-state index >= 15 is 0 Å². The number of anilines is 1. The van der Waals surface area contributed by atoms with E-state index in [9.17, 15) is 4.79 Å². The van der Waals surface area contributed by atoms with Gasteiger partial charge in [0.15, 0.2) is 0 Å². The van der Waals surface area contributed by atoms with Crippen LogP contribution in [0.5, 0.6) is 0 Å². The first-order chi connectivity index (χ1) is 16.7. The summed E-state index contributed by atoms with van der Waals surface area (Å²) in [6, 6.07) is 28.0. The highest BCUT2D eigenvalue weighted by atomic mass is 16.1. The minimum absolute atomic E-state index is 0.151. The van der Waals surface area contributed by atoms with Crippen LogP contribution in [0.1, 0.15) is 40.9 Å². The van der Waals surface area contributed by atoms with E-state index in [1.165, 1.54) is 37.9 Å². The summed E-state index contributed by atoms with van der Waals surface area (Å²) in [7, 11) is 0. The molecule has 0 radical (unpaired) electrons. The molecule has 3 aromatic carbocycles. The van der Waals surface area contributed by atoms with Crippen LogP contribution < -0.4 is 5.32 Å². The minimum atomic E-state index is -0.151. The van der Waals surface area contributed by atoms with Crippen molar-refractivity contribution in [3.63, 3.8) is 0 Å². The third-order valence-corrected chi connectivity index (χ3v) is 6.46. The number of hydrogen-bond acceptors (Lipinski definition) is 3. The summed E-state index contributed by atoms with van der Waals surface area (Å²) in [6.45, 7) is 5.26. The molecule has 2 heterocycles. The van der Waals surface area contributed by atoms with Crippen LogP contribution in [0.4, 0.5) is 5.69 Å². The Morgan fingerprint density at radius 3 is 2.18 bits per heavy atom. The lowest BCUT2D eigenvalue weighted by Crippen LogP contribution is -2.29. The molecule has 1 amide bonds. The first-order valence-electron chi connectivity index (χ1n) is 12.0. The number of nitrogens with one attached hydrogen (secondary N) is 1. The second kappa shape index (κ2) is 10.1. The van der Waals surface area contributed by atoms with E-state index in [1.54, 1.807) is 0 Å². The molecule has 0 aliphatic carbocycles. The first kappa shape index (κ1) is 22.1. The molecule has 4 aromatic rings. The van der Waals surface area contributed by atoms with E-state index in [0.29, 0.717) is 11.3 Å². The van der Waals surface area contributed by atoms with E-state index in [1.807, 2.05) is 84.4 Å². The summed E-state index contributed by atoms with van der Waals surface area (Å²) in [4.78, 5) is 16.0. The van der Waals surface area contributed by atoms with Crippen molar-refractivity contribution in [2.24, 2.45) is 0 Å². The predicted octanol–water partition coefficient (Wildman–Crippen LogP) is 6.09. The molecule has 1 saturated heterocycles. The number of nitrogens with zero attached hydrogens (tertiary/aromatic N) is 3. The van der Waals surface area contributed by atoms with Gasteiger partial charge in [-0.15, -0.1) is 0 Å². The van der Waals surface area contributed by atoms with E-state index in [2.05, 4.69) is 22.3 Å². The zero-order chi connectivity index (χ0) is 23.3. The van der Waals surface area contributed by atoms with Gasteiger partial charge in [0.25, 0.3) is 5.91 Å². The summed E-state index contributed by atoms with van der Waals surface area (Å²) in [5.74, 6) is -0.151. The number of carbonyl (C=O) groups excluding carboxylic acids is 1. The number of piperidine rings is 1. The number of likely N-dealkylation sites (tertiary alicyclic amines) is 1. The second-order valence-electron chi connectivity index (χ2n) is 8.91. The molecule has 1 fully saturated rings. The summed E-state index contributed by atoms with van der Waals surface area (Å²) in [5, 5.41) is 7.94. The van der Waals surface area contributed by atoms with Crippen LogP contribution in [-0.2, 0) is 6.54 Å². The average molecular weight is 451 g/mol. The van der Waals surface area contributed by atoms with Gasteiger partial charge in [-0.05, 0) is 62.7 Å². The molecule has 34 heavy (non-hydrogen) atoms. The molecule has 0 unspecified atom stereocenters. The highest BCUT2D eigenvalue weighted by Crippen LogP contribution is 2.28. The Kier molecular flexibility index (Phi) is 6.54. The van der Waals surface area contributed by atoms with Crippen LogP contribution in [0.25, 0.3) is 16.9 Å². The summed E-state index contributed by atoms with van der Waals surface area (Å²) >= 11 is 0. The number of hydrogen-bond donors (Lipinski definition) is 1. The van der Waals surface area contributed by atoms with Crippen molar-refractivity contribution >= 4 is 11.6 Å². The van der Waals surface area contributed by atoms with Crippen molar-refractivity contribution in [1.82, 2.24) is 14.7 Å². The van der Waals surface area contributed by atoms with Crippen molar-refractivity contribution in [2.45, 2.75) is 32.7 Å². The predicted molar refractivity (Wildman–Crippen MR) is 137 cm³/mol. The van der Waals surface area contributed by atoms with Gasteiger partial charge in [0.1, 0.15) is 5.69 Å². The van der Waals surface area contributed by atoms with Crippen LogP contribution >= 0.6 is 0 Å². The lowest BCUT2D eigenvalue weighted by Gasteiger charge is -2.26. The van der Waals surface area contributed by atoms with Gasteiger partial charge in [0, 0.05) is 17.8 Å². The standard InChI is InChI=1S/C29H30N4O/c1-22-27(28(24-11-5-2-6-12-24)31-33(22)26-13-7-3-8-14-26)29(34)30-25-17-15-23(16-18-25)21-32-19-9-4-10-20-32/h2-3,5-8,11-18H,4,9-10,19-21H2,1H3,(H,30,34). The molecule has 0 atom stereocenters. The fourth-order valence-corrected chi connectivity index (χ4v) is 4.66. The highest BCUT2D eigenvalue weighted by molar-refractivity contribution is 6.09. The fraction of sp³-hybridized carbons (Fsp3) is 0.241. The maximum Gasteiger partial charge on any atom is 0.259 e. The van der Waals surface area contributed by atoms with Gasteiger partial charge in [-0.1, -0.05) is 67.1 Å². The number of aromatic nitrogens is 2. The van der Waals surface area contributed by atoms with Gasteiger partial charge < -0.3 is 5.32 Å². The van der Waals surface area contributed by atoms with E-state index in [-0.39, 0.29) is 5.91 Å². The van der Waals surface area contributed by atoms with Crippen LogP contribution in [0.15, 0.2) is 84.9 Å². The van der Waals surface area contributed by atoms with E-state index < -0.39 is 0 Å². The third-order valence-electron chi connectivity index (χ3n) is 6.46. The molecular weight excluding hydrogens is 420 g/mol. The zero-order valence-electron chi connectivity index (χ0n) is 19.6. The number of amides is 1. The molecule has 172 valence electrons. The first-order valence-corrected chi connectivity index (χ1v) is 12.0. The van der Waals surface area contributed by atoms with Crippen molar-refractivity contribution in [1.29, 1.82) is 0 Å². The molecule has 0 saturated carbocycles. The summed E-state index contributed by atoms with van der Waals surface area (Å²) in [5.41, 5.74) is 6.00. The molecule has 0 bridgehead atoms. The fourth-order valence-electron chi connectivity index (χ4n) is 4.66. The largest absolute Gasteiger partial charge is 0.322 e. The van der Waals surface area contributed by atoms with Gasteiger partial charge in [0.05, 0.1) is 16.9 Å². The van der Waals surface area contributed by atoms with Gasteiger partial charge in [-0.3, -0.25) is 9.69 Å². The lowest BCUT2D eigenvalue weighted by molar-refractivity contribution is 0.102. The maximum absolute atomic E-state index is 13.5. The zero-order valence-corrected chi connectivity index (χ0v) is 19.6. The molecule has 0 spiro atoms. The summed E-state index contributed by atoms with van der Waals surface area (Å²) < 4.78 is 1.85. The minimum Gasteiger partial charge on any atom is -0.322 e. The Bertz CT molecular complexity index is 1240. The molecule has 1 aliphatic heterocycles. The normalized spacial score (nSPS) is 14.1. The van der Waals surface area contributed by atoms with Crippen molar-refractivity contribution in [3.8, 4) is 16.9 Å². The van der Waals surface area contributed by atoms with Crippen LogP contribution in [0.3, 0.4) is 0 Å². The van der Waals surface area contributed by atoms with Crippen molar-refractivity contribution in [2.75, 3.05) is 18.4 Å². The number of rotatable bonds is 6. The van der Waals surface area contributed by atoms with Gasteiger partial charge in [-0.2, -0.15) is 5.10 Å². The molecule has 1 aromatic heterocycles. The Balaban J connectivity index is 1.41. The van der Waals surface area contributed by atoms with Gasteiger partial charge in [-0.25, -0.2) is 4.68 Å². The quantitative estimate of drug-likeness (QED) is 0.387. The van der Waals surface area contributed by atoms with Crippen molar-refractivity contribution < 1.29 is 4.79 Å². The Hall–Kier alpha value is -3.70. The highest BCUT2D eigenvalue weighted by Gasteiger charge is 2.23. The molecule has 1 aliphatic rings. The van der Waals surface area contributed by atoms with Gasteiger partial charge >= 0.3 is 0 Å². The molecular formula is C29H30N4O. The molecule has 1 N–H and O–H groups in total. The van der Waals surface area contributed by atoms with E-state index in [4.69, 9.17) is 5.10 Å². The van der Waals surface area contributed by atoms with Crippen molar-refractivity contribution in [3.05, 3.63) is 102 Å². The number of carbonyl (C=O) groups is 1. The maximum atomic E-state index is 13.5. The Morgan fingerprint density at radius 1 is 0.853 bits per heavy atom. The Morgan fingerprint density at radius 2 is 1.50 bits per heavy atom. The topological polar surface area (TPSA) is 50.2 Å². The molecule has 5 heteroatoms. The van der Waals surface area contributed by atoms with Crippen LogP contribution in [0.2, 0.25) is 0 Å². The lowest BCUT2D eigenvalue weighted by atomic mass is 10.1. The summed E-state index contributed by atoms with van der Waals surface area (Å²) in [6.07, 6.45) is 3.91. The van der Waals surface area contributed by atoms with Gasteiger partial charge in [0.2, 0.25) is 0 Å². The number of benzene rings is 3. The van der Waals surface area contributed by atoms with E-state index in [0.717, 1.165) is 29.2 Å². The molecule has 5 rings (SSSR count). The number of para-hydroxylation sites is 1. The second-order valence-corrected chi connectivity index (χ2v) is 8.91. The monoisotopic (exact) mass is 450 g/mol. The van der Waals surface area contributed by atoms with Crippen LogP contribution in [0, 0.1) is 6.92 Å². The average Bonchev–Trinajstić information content (AvgIpc) is 3.24. The third kappa shape index (κ3) is 4.80. The Labute approximate surface area is 201 Å².